The van der Waals surface area contributed by atoms with Gasteiger partial charge in [-0.3, -0.25) is 9.59 Å². The molecule has 0 spiro atoms. The second kappa shape index (κ2) is 8.10. The van der Waals surface area contributed by atoms with E-state index in [-0.39, 0.29) is 18.7 Å². The molecule has 6 heteroatoms. The van der Waals surface area contributed by atoms with Crippen LogP contribution in [0.5, 0.6) is 5.75 Å². The van der Waals surface area contributed by atoms with Gasteiger partial charge in [0.2, 0.25) is 5.91 Å². The van der Waals surface area contributed by atoms with E-state index in [1.165, 1.54) is 31.4 Å². The summed E-state index contributed by atoms with van der Waals surface area (Å²) in [4.78, 5) is 23.3. The number of carbonyl (C=O) groups is 2. The van der Waals surface area contributed by atoms with Crippen molar-refractivity contribution in [3.05, 3.63) is 65.5 Å². The summed E-state index contributed by atoms with van der Waals surface area (Å²) in [5, 5.41) is 11.7. The van der Waals surface area contributed by atoms with Crippen molar-refractivity contribution in [3.8, 4) is 5.75 Å². The van der Waals surface area contributed by atoms with Crippen LogP contribution in [0.1, 0.15) is 23.6 Å². The van der Waals surface area contributed by atoms with Crippen LogP contribution in [0.25, 0.3) is 0 Å². The van der Waals surface area contributed by atoms with Gasteiger partial charge in [0.15, 0.2) is 0 Å². The Morgan fingerprint density at radius 2 is 1.92 bits per heavy atom. The molecule has 2 N–H and O–H groups in total. The van der Waals surface area contributed by atoms with Crippen molar-refractivity contribution in [1.82, 2.24) is 5.32 Å². The van der Waals surface area contributed by atoms with E-state index < -0.39 is 17.8 Å². The SMILES string of the molecule is COc1cccc(CC(=O)N[C@@H](CC(=O)O)c2ccc(F)cc2)c1. The molecule has 0 bridgehead atoms. The quantitative estimate of drug-likeness (QED) is 0.818. The Morgan fingerprint density at radius 3 is 2.54 bits per heavy atom. The zero-order valence-corrected chi connectivity index (χ0v) is 13.2. The molecule has 0 aliphatic heterocycles. The normalized spacial score (nSPS) is 11.6. The molecule has 2 rings (SSSR count). The van der Waals surface area contributed by atoms with Gasteiger partial charge in [-0.2, -0.15) is 0 Å². The van der Waals surface area contributed by atoms with Crippen molar-refractivity contribution >= 4 is 11.9 Å². The fraction of sp³-hybridized carbons (Fsp3) is 0.222. The number of amides is 1. The van der Waals surface area contributed by atoms with Crippen molar-refractivity contribution in [2.24, 2.45) is 0 Å². The number of halogens is 1. The average molecular weight is 331 g/mol. The van der Waals surface area contributed by atoms with Gasteiger partial charge in [-0.05, 0) is 35.4 Å². The number of hydrogen-bond acceptors (Lipinski definition) is 3. The van der Waals surface area contributed by atoms with Crippen LogP contribution in [0.15, 0.2) is 48.5 Å². The molecule has 0 heterocycles. The minimum Gasteiger partial charge on any atom is -0.497 e. The molecule has 0 aliphatic carbocycles. The van der Waals surface area contributed by atoms with Crippen molar-refractivity contribution < 1.29 is 23.8 Å². The van der Waals surface area contributed by atoms with Crippen LogP contribution in [-0.2, 0) is 16.0 Å². The Labute approximate surface area is 139 Å². The lowest BCUT2D eigenvalue weighted by Crippen LogP contribution is -2.31. The summed E-state index contributed by atoms with van der Waals surface area (Å²) in [5.74, 6) is -1.15. The third kappa shape index (κ3) is 5.08. The average Bonchev–Trinajstić information content (AvgIpc) is 2.54. The molecule has 0 aromatic heterocycles. The Kier molecular flexibility index (Phi) is 5.89. The smallest absolute Gasteiger partial charge is 0.305 e. The second-order valence-electron chi connectivity index (χ2n) is 5.30. The van der Waals surface area contributed by atoms with Gasteiger partial charge in [0.05, 0.1) is 26.0 Å². The van der Waals surface area contributed by atoms with Crippen molar-refractivity contribution in [3.63, 3.8) is 0 Å². The highest BCUT2D eigenvalue weighted by atomic mass is 19.1. The maximum atomic E-state index is 13.0. The predicted molar refractivity (Wildman–Crippen MR) is 86.2 cm³/mol. The fourth-order valence-electron chi connectivity index (χ4n) is 2.34. The molecule has 2 aromatic carbocycles. The van der Waals surface area contributed by atoms with E-state index in [0.29, 0.717) is 11.3 Å². The molecule has 0 saturated heterocycles. The highest BCUT2D eigenvalue weighted by molar-refractivity contribution is 5.80. The number of carboxylic acids is 1. The number of carbonyl (C=O) groups excluding carboxylic acids is 1. The summed E-state index contributed by atoms with van der Waals surface area (Å²) in [5.41, 5.74) is 1.29. The minimum absolute atomic E-state index is 0.0918. The van der Waals surface area contributed by atoms with Gasteiger partial charge in [0.1, 0.15) is 11.6 Å². The Morgan fingerprint density at radius 1 is 1.21 bits per heavy atom. The van der Waals surface area contributed by atoms with Crippen LogP contribution in [0.4, 0.5) is 4.39 Å². The first kappa shape index (κ1) is 17.5. The largest absolute Gasteiger partial charge is 0.497 e. The number of aliphatic carboxylic acids is 1. The highest BCUT2D eigenvalue weighted by Gasteiger charge is 2.18. The van der Waals surface area contributed by atoms with Gasteiger partial charge in [0.25, 0.3) is 0 Å². The summed E-state index contributed by atoms with van der Waals surface area (Å²) in [6.07, 6.45) is -0.190. The predicted octanol–water partition coefficient (Wildman–Crippen LogP) is 2.71. The molecule has 0 aliphatic rings. The number of methoxy groups -OCH3 is 1. The zero-order valence-electron chi connectivity index (χ0n) is 13.2. The van der Waals surface area contributed by atoms with Gasteiger partial charge >= 0.3 is 5.97 Å². The van der Waals surface area contributed by atoms with Crippen LogP contribution < -0.4 is 10.1 Å². The Bertz CT molecular complexity index is 715. The molecule has 0 radical (unpaired) electrons. The third-order valence-corrected chi connectivity index (χ3v) is 3.49. The monoisotopic (exact) mass is 331 g/mol. The minimum atomic E-state index is -1.05. The molecule has 1 amide bonds. The summed E-state index contributed by atoms with van der Waals surface area (Å²) in [6, 6.07) is 11.8. The summed E-state index contributed by atoms with van der Waals surface area (Å²) in [7, 11) is 1.54. The number of nitrogens with one attached hydrogen (secondary N) is 1. The van der Waals surface area contributed by atoms with E-state index in [2.05, 4.69) is 5.32 Å². The van der Waals surface area contributed by atoms with Crippen molar-refractivity contribution in [2.45, 2.75) is 18.9 Å². The topological polar surface area (TPSA) is 75.6 Å². The molecule has 5 nitrogen and oxygen atoms in total. The van der Waals surface area contributed by atoms with Gasteiger partial charge in [0, 0.05) is 0 Å². The number of carboxylic acid groups (broad SMARTS) is 1. The number of ether oxygens (including phenoxy) is 1. The number of rotatable bonds is 7. The first-order valence-electron chi connectivity index (χ1n) is 7.37. The van der Waals surface area contributed by atoms with Gasteiger partial charge in [-0.25, -0.2) is 4.39 Å². The van der Waals surface area contributed by atoms with E-state index in [0.717, 1.165) is 5.56 Å². The fourth-order valence-corrected chi connectivity index (χ4v) is 2.34. The molecule has 24 heavy (non-hydrogen) atoms. The molecule has 1 atom stereocenters. The van der Waals surface area contributed by atoms with Crippen LogP contribution >= 0.6 is 0 Å². The maximum absolute atomic E-state index is 13.0. The number of benzene rings is 2. The van der Waals surface area contributed by atoms with Gasteiger partial charge in [-0.15, -0.1) is 0 Å². The zero-order chi connectivity index (χ0) is 17.5. The van der Waals surface area contributed by atoms with Gasteiger partial charge < -0.3 is 15.2 Å². The van der Waals surface area contributed by atoms with Crippen LogP contribution in [0.3, 0.4) is 0 Å². The van der Waals surface area contributed by atoms with E-state index in [1.807, 2.05) is 0 Å². The molecule has 2 aromatic rings. The Hall–Kier alpha value is -2.89. The van der Waals surface area contributed by atoms with Crippen LogP contribution in [-0.4, -0.2) is 24.1 Å². The van der Waals surface area contributed by atoms with E-state index in [9.17, 15) is 14.0 Å². The van der Waals surface area contributed by atoms with Crippen LogP contribution in [0.2, 0.25) is 0 Å². The molecule has 126 valence electrons. The Balaban J connectivity index is 2.08. The summed E-state index contributed by atoms with van der Waals surface area (Å²) >= 11 is 0. The standard InChI is InChI=1S/C18H18FNO4/c1-24-15-4-2-3-12(9-15)10-17(21)20-16(11-18(22)23)13-5-7-14(19)8-6-13/h2-9,16H,10-11H2,1H3,(H,20,21)(H,22,23)/t16-/m0/s1. The lowest BCUT2D eigenvalue weighted by molar-refractivity contribution is -0.137. The summed E-state index contributed by atoms with van der Waals surface area (Å²) in [6.45, 7) is 0. The van der Waals surface area contributed by atoms with Crippen molar-refractivity contribution in [2.75, 3.05) is 7.11 Å². The number of hydrogen-bond donors (Lipinski definition) is 2. The second-order valence-corrected chi connectivity index (χ2v) is 5.30. The first-order chi connectivity index (χ1) is 11.5. The lowest BCUT2D eigenvalue weighted by Gasteiger charge is -2.17. The highest BCUT2D eigenvalue weighted by Crippen LogP contribution is 2.18. The first-order valence-corrected chi connectivity index (χ1v) is 7.37. The summed E-state index contributed by atoms with van der Waals surface area (Å²) < 4.78 is 18.1. The van der Waals surface area contributed by atoms with E-state index >= 15 is 0 Å². The molecule has 0 fully saturated rings. The van der Waals surface area contributed by atoms with E-state index in [1.54, 1.807) is 24.3 Å². The molecule has 0 saturated carbocycles. The molecule has 0 unspecified atom stereocenters. The van der Waals surface area contributed by atoms with Crippen LogP contribution in [0, 0.1) is 5.82 Å². The lowest BCUT2D eigenvalue weighted by atomic mass is 10.0. The molecular weight excluding hydrogens is 313 g/mol. The van der Waals surface area contributed by atoms with E-state index in [4.69, 9.17) is 9.84 Å². The van der Waals surface area contributed by atoms with Crippen molar-refractivity contribution in [1.29, 1.82) is 0 Å². The molecular formula is C18H18FNO4. The maximum Gasteiger partial charge on any atom is 0.305 e. The third-order valence-electron chi connectivity index (χ3n) is 3.49. The van der Waals surface area contributed by atoms with Gasteiger partial charge in [-0.1, -0.05) is 24.3 Å².